The van der Waals surface area contributed by atoms with E-state index in [0.717, 1.165) is 35.4 Å². The van der Waals surface area contributed by atoms with Crippen LogP contribution in [0.1, 0.15) is 25.8 Å². The van der Waals surface area contributed by atoms with Crippen molar-refractivity contribution in [3.8, 4) is 0 Å². The van der Waals surface area contributed by atoms with Crippen LogP contribution in [0.3, 0.4) is 0 Å². The Bertz CT molecular complexity index is 673. The number of para-hydroxylation sites is 1. The number of piperidine rings is 1. The fourth-order valence-electron chi connectivity index (χ4n) is 3.38. The van der Waals surface area contributed by atoms with Gasteiger partial charge in [-0.1, -0.05) is 44.3 Å². The minimum absolute atomic E-state index is 0.438. The van der Waals surface area contributed by atoms with Crippen molar-refractivity contribution >= 4 is 33.9 Å². The van der Waals surface area contributed by atoms with E-state index in [1.807, 2.05) is 24.3 Å². The highest BCUT2D eigenvalue weighted by atomic mass is 32.1. The predicted octanol–water partition coefficient (Wildman–Crippen LogP) is 3.35. The van der Waals surface area contributed by atoms with Gasteiger partial charge in [0.15, 0.2) is 0 Å². The highest BCUT2D eigenvalue weighted by Crippen LogP contribution is 2.28. The number of fused-ring (bicyclic) bond motifs is 1. The molecule has 0 aliphatic carbocycles. The number of rotatable bonds is 2. The first kappa shape index (κ1) is 14.3. The summed E-state index contributed by atoms with van der Waals surface area (Å²) in [5.74, 6) is 2.38. The van der Waals surface area contributed by atoms with Crippen LogP contribution >= 0.6 is 12.2 Å². The minimum Gasteiger partial charge on any atom is -0.389 e. The van der Waals surface area contributed by atoms with Crippen molar-refractivity contribution in [1.29, 1.82) is 0 Å². The number of pyridine rings is 1. The molecule has 2 heterocycles. The first-order valence-electron chi connectivity index (χ1n) is 7.49. The first-order chi connectivity index (χ1) is 10.0. The molecule has 0 radical (unpaired) electrons. The molecule has 1 aliphatic rings. The molecule has 2 unspecified atom stereocenters. The summed E-state index contributed by atoms with van der Waals surface area (Å²) in [4.78, 5) is 7.63. The molecular formula is C17H21N3S. The van der Waals surface area contributed by atoms with Crippen molar-refractivity contribution in [3.63, 3.8) is 0 Å². The standard InChI is InChI=1S/C17H21N3S/c1-11-7-12(2)10-20(9-11)16-8-14(17(18)21)13-5-3-4-6-15(13)19-16/h3-6,8,11-12H,7,9-10H2,1-2H3,(H2,18,21). The molecule has 0 amide bonds. The predicted molar refractivity (Wildman–Crippen MR) is 92.8 cm³/mol. The summed E-state index contributed by atoms with van der Waals surface area (Å²) in [6.07, 6.45) is 1.28. The summed E-state index contributed by atoms with van der Waals surface area (Å²) in [5.41, 5.74) is 7.81. The third kappa shape index (κ3) is 2.86. The van der Waals surface area contributed by atoms with Crippen LogP contribution in [-0.4, -0.2) is 23.1 Å². The van der Waals surface area contributed by atoms with Gasteiger partial charge in [0, 0.05) is 24.0 Å². The Morgan fingerprint density at radius 1 is 1.24 bits per heavy atom. The van der Waals surface area contributed by atoms with Gasteiger partial charge in [-0.25, -0.2) is 4.98 Å². The summed E-state index contributed by atoms with van der Waals surface area (Å²) in [6, 6.07) is 10.1. The number of nitrogens with two attached hydrogens (primary N) is 1. The number of nitrogens with zero attached hydrogens (tertiary/aromatic N) is 2. The topological polar surface area (TPSA) is 42.1 Å². The van der Waals surface area contributed by atoms with Crippen molar-refractivity contribution < 1.29 is 0 Å². The largest absolute Gasteiger partial charge is 0.389 e. The van der Waals surface area contributed by atoms with Gasteiger partial charge >= 0.3 is 0 Å². The van der Waals surface area contributed by atoms with Crippen molar-refractivity contribution in [2.45, 2.75) is 20.3 Å². The average molecular weight is 299 g/mol. The lowest BCUT2D eigenvalue weighted by molar-refractivity contribution is 0.355. The minimum atomic E-state index is 0.438. The van der Waals surface area contributed by atoms with E-state index < -0.39 is 0 Å². The van der Waals surface area contributed by atoms with Crippen LogP contribution in [0.15, 0.2) is 30.3 Å². The SMILES string of the molecule is CC1CC(C)CN(c2cc(C(N)=S)c3ccccc3n2)C1. The van der Waals surface area contributed by atoms with Crippen molar-refractivity contribution in [3.05, 3.63) is 35.9 Å². The molecule has 1 saturated heterocycles. The van der Waals surface area contributed by atoms with Crippen LogP contribution in [0, 0.1) is 11.8 Å². The number of anilines is 1. The molecule has 0 saturated carbocycles. The Balaban J connectivity index is 2.08. The second-order valence-corrected chi connectivity index (χ2v) is 6.70. The zero-order valence-corrected chi connectivity index (χ0v) is 13.4. The third-order valence-electron chi connectivity index (χ3n) is 4.16. The van der Waals surface area contributed by atoms with Crippen LogP contribution in [0.4, 0.5) is 5.82 Å². The lowest BCUT2D eigenvalue weighted by atomic mass is 9.92. The highest BCUT2D eigenvalue weighted by Gasteiger charge is 2.23. The molecular weight excluding hydrogens is 278 g/mol. The second-order valence-electron chi connectivity index (χ2n) is 6.26. The molecule has 21 heavy (non-hydrogen) atoms. The monoisotopic (exact) mass is 299 g/mol. The van der Waals surface area contributed by atoms with Gasteiger partial charge < -0.3 is 10.6 Å². The summed E-state index contributed by atoms with van der Waals surface area (Å²) >= 11 is 5.23. The molecule has 110 valence electrons. The van der Waals surface area contributed by atoms with E-state index in [4.69, 9.17) is 22.9 Å². The molecule has 1 fully saturated rings. The maximum atomic E-state index is 5.92. The molecule has 3 nitrogen and oxygen atoms in total. The fraction of sp³-hybridized carbons (Fsp3) is 0.412. The average Bonchev–Trinajstić information content (AvgIpc) is 2.45. The number of aromatic nitrogens is 1. The molecule has 1 aromatic heterocycles. The van der Waals surface area contributed by atoms with E-state index in [1.54, 1.807) is 0 Å². The van der Waals surface area contributed by atoms with Crippen molar-refractivity contribution in [1.82, 2.24) is 4.98 Å². The van der Waals surface area contributed by atoms with Gasteiger partial charge in [-0.15, -0.1) is 0 Å². The van der Waals surface area contributed by atoms with E-state index in [2.05, 4.69) is 24.8 Å². The highest BCUT2D eigenvalue weighted by molar-refractivity contribution is 7.80. The molecule has 1 aromatic carbocycles. The Kier molecular flexibility index (Phi) is 3.81. The molecule has 2 aromatic rings. The number of thiocarbonyl (C=S) groups is 1. The normalized spacial score (nSPS) is 22.5. The number of hydrogen-bond acceptors (Lipinski definition) is 3. The summed E-state index contributed by atoms with van der Waals surface area (Å²) in [6.45, 7) is 6.70. The Labute approximate surface area is 131 Å². The third-order valence-corrected chi connectivity index (χ3v) is 4.38. The van der Waals surface area contributed by atoms with Crippen LogP contribution in [0.5, 0.6) is 0 Å². The Morgan fingerprint density at radius 2 is 1.90 bits per heavy atom. The van der Waals surface area contributed by atoms with Gasteiger partial charge in [0.25, 0.3) is 0 Å². The zero-order valence-electron chi connectivity index (χ0n) is 12.5. The molecule has 1 aliphatic heterocycles. The van der Waals surface area contributed by atoms with E-state index in [9.17, 15) is 0 Å². The Hall–Kier alpha value is -1.68. The maximum Gasteiger partial charge on any atom is 0.129 e. The lowest BCUT2D eigenvalue weighted by Crippen LogP contribution is -2.39. The second kappa shape index (κ2) is 5.60. The lowest BCUT2D eigenvalue weighted by Gasteiger charge is -2.36. The molecule has 2 atom stereocenters. The zero-order chi connectivity index (χ0) is 15.0. The van der Waals surface area contributed by atoms with Crippen LogP contribution in [0.2, 0.25) is 0 Å². The van der Waals surface area contributed by atoms with Gasteiger partial charge in [-0.3, -0.25) is 0 Å². The molecule has 2 N–H and O–H groups in total. The van der Waals surface area contributed by atoms with E-state index >= 15 is 0 Å². The maximum absolute atomic E-state index is 5.92. The van der Waals surface area contributed by atoms with Crippen molar-refractivity contribution in [2.75, 3.05) is 18.0 Å². The van der Waals surface area contributed by atoms with Gasteiger partial charge in [0.1, 0.15) is 10.8 Å². The van der Waals surface area contributed by atoms with Gasteiger partial charge in [-0.05, 0) is 30.4 Å². The van der Waals surface area contributed by atoms with Gasteiger partial charge in [-0.2, -0.15) is 0 Å². The molecule has 3 rings (SSSR count). The summed E-state index contributed by atoms with van der Waals surface area (Å²) in [5, 5.41) is 1.03. The Morgan fingerprint density at radius 3 is 2.57 bits per heavy atom. The van der Waals surface area contributed by atoms with Crippen molar-refractivity contribution in [2.24, 2.45) is 17.6 Å². The van der Waals surface area contributed by atoms with E-state index in [0.29, 0.717) is 16.8 Å². The molecule has 4 heteroatoms. The van der Waals surface area contributed by atoms with Crippen LogP contribution < -0.4 is 10.6 Å². The number of hydrogen-bond donors (Lipinski definition) is 1. The smallest absolute Gasteiger partial charge is 0.129 e. The van der Waals surface area contributed by atoms with Crippen LogP contribution in [0.25, 0.3) is 10.9 Å². The number of benzene rings is 1. The van der Waals surface area contributed by atoms with E-state index in [-0.39, 0.29) is 0 Å². The quantitative estimate of drug-likeness (QED) is 0.864. The van der Waals surface area contributed by atoms with E-state index in [1.165, 1.54) is 6.42 Å². The van der Waals surface area contributed by atoms with Gasteiger partial charge in [0.2, 0.25) is 0 Å². The van der Waals surface area contributed by atoms with Gasteiger partial charge in [0.05, 0.1) is 5.52 Å². The first-order valence-corrected chi connectivity index (χ1v) is 7.90. The fourth-order valence-corrected chi connectivity index (χ4v) is 3.55. The summed E-state index contributed by atoms with van der Waals surface area (Å²) in [7, 11) is 0. The molecule has 0 spiro atoms. The summed E-state index contributed by atoms with van der Waals surface area (Å²) < 4.78 is 0. The van der Waals surface area contributed by atoms with Crippen LogP contribution in [-0.2, 0) is 0 Å². The molecule has 0 bridgehead atoms.